The molecule has 28 heavy (non-hydrogen) atoms. The van der Waals surface area contributed by atoms with Gasteiger partial charge in [0.15, 0.2) is 10.2 Å². The highest BCUT2D eigenvalue weighted by Gasteiger charge is 2.11. The second kappa shape index (κ2) is 19.2. The van der Waals surface area contributed by atoms with Gasteiger partial charge in [-0.05, 0) is 25.1 Å². The minimum Gasteiger partial charge on any atom is -0.495 e. The minimum atomic E-state index is 0.224. The molecule has 0 amide bonds. The summed E-state index contributed by atoms with van der Waals surface area (Å²) < 4.78 is 10.5. The van der Waals surface area contributed by atoms with Crippen LogP contribution in [0.2, 0.25) is 5.02 Å². The maximum Gasteiger partial charge on any atom is 0.189 e. The van der Waals surface area contributed by atoms with Crippen molar-refractivity contribution in [2.24, 2.45) is 0 Å². The molecule has 0 aliphatic rings. The first-order valence-corrected chi connectivity index (χ1v) is 11.4. The maximum atomic E-state index is 11.6. The molecule has 5 nitrogen and oxygen atoms in total. The van der Waals surface area contributed by atoms with Crippen molar-refractivity contribution in [1.82, 2.24) is 5.32 Å². The van der Waals surface area contributed by atoms with Gasteiger partial charge in [-0.25, -0.2) is 0 Å². The lowest BCUT2D eigenvalue weighted by molar-refractivity contribution is -0.111. The van der Waals surface area contributed by atoms with Crippen LogP contribution < -0.4 is 20.1 Å². The van der Waals surface area contributed by atoms with Gasteiger partial charge in [0, 0.05) is 30.9 Å². The third kappa shape index (κ3) is 12.3. The van der Waals surface area contributed by atoms with Gasteiger partial charge >= 0.3 is 0 Å². The molecule has 1 aromatic rings. The van der Waals surface area contributed by atoms with Crippen LogP contribution in [0.25, 0.3) is 0 Å². The minimum absolute atomic E-state index is 0.224. The van der Waals surface area contributed by atoms with Gasteiger partial charge < -0.3 is 20.1 Å². The number of anilines is 1. The van der Waals surface area contributed by atoms with E-state index in [2.05, 4.69) is 17.6 Å². The predicted octanol–water partition coefficient (Wildman–Crippen LogP) is 6.15. The van der Waals surface area contributed by atoms with Crippen molar-refractivity contribution < 1.29 is 14.3 Å². The molecule has 162 valence electrons. The van der Waals surface area contributed by atoms with Crippen molar-refractivity contribution in [1.29, 1.82) is 0 Å². The summed E-state index contributed by atoms with van der Waals surface area (Å²) in [5, 5.41) is 7.26. The SMILES string of the molecule is CC.CC.CCCSC(=O)CCCNC(=S)Nc1cc(OC)c(Cl)cc1OC. The molecule has 1 aromatic carbocycles. The summed E-state index contributed by atoms with van der Waals surface area (Å²) in [5.74, 6) is 1.97. The van der Waals surface area contributed by atoms with Crippen molar-refractivity contribution in [3.05, 3.63) is 17.2 Å². The molecule has 1 rings (SSSR count). The molecule has 0 aromatic heterocycles. The molecule has 0 bridgehead atoms. The number of thioether (sulfide) groups is 1. The van der Waals surface area contributed by atoms with Gasteiger partial charge in [0.2, 0.25) is 0 Å². The van der Waals surface area contributed by atoms with E-state index in [4.69, 9.17) is 33.3 Å². The lowest BCUT2D eigenvalue weighted by Gasteiger charge is -2.15. The Bertz CT molecular complexity index is 573. The molecule has 0 saturated heterocycles. The van der Waals surface area contributed by atoms with Crippen molar-refractivity contribution in [3.63, 3.8) is 0 Å². The molecule has 0 fully saturated rings. The molecule has 0 aliphatic carbocycles. The Balaban J connectivity index is 0. The van der Waals surface area contributed by atoms with E-state index in [9.17, 15) is 4.79 Å². The van der Waals surface area contributed by atoms with E-state index in [1.54, 1.807) is 26.4 Å². The Labute approximate surface area is 185 Å². The molecule has 0 spiro atoms. The molecule has 0 heterocycles. The number of carbonyl (C=O) groups is 1. The maximum absolute atomic E-state index is 11.6. The van der Waals surface area contributed by atoms with Gasteiger partial charge in [-0.15, -0.1) is 0 Å². The second-order valence-electron chi connectivity index (χ2n) is 4.89. The van der Waals surface area contributed by atoms with E-state index in [0.29, 0.717) is 40.3 Å². The van der Waals surface area contributed by atoms with Crippen LogP contribution in [-0.2, 0) is 4.79 Å². The first-order valence-electron chi connectivity index (χ1n) is 9.63. The van der Waals surface area contributed by atoms with Crippen molar-refractivity contribution in [2.75, 3.05) is 31.8 Å². The van der Waals surface area contributed by atoms with E-state index in [1.165, 1.54) is 11.8 Å². The van der Waals surface area contributed by atoms with Crippen LogP contribution in [0.1, 0.15) is 53.9 Å². The first kappa shape index (κ1) is 29.0. The summed E-state index contributed by atoms with van der Waals surface area (Å²) in [7, 11) is 3.10. The molecule has 0 unspecified atom stereocenters. The Hall–Kier alpha value is -1.18. The van der Waals surface area contributed by atoms with Gasteiger partial charge in [-0.2, -0.15) is 0 Å². The summed E-state index contributed by atoms with van der Waals surface area (Å²) in [6, 6.07) is 3.38. The number of carbonyl (C=O) groups excluding carboxylic acids is 1. The van der Waals surface area contributed by atoms with Crippen LogP contribution in [0, 0.1) is 0 Å². The van der Waals surface area contributed by atoms with Crippen molar-refractivity contribution in [2.45, 2.75) is 53.9 Å². The van der Waals surface area contributed by atoms with Crippen LogP contribution in [0.15, 0.2) is 12.1 Å². The standard InChI is InChI=1S/C16H23ClN2O3S2.2C2H6/c1-4-8-24-15(20)6-5-7-18-16(23)19-12-10-13(21-2)11(17)9-14(12)22-3;2*1-2/h9-10H,4-8H2,1-3H3,(H2,18,19,23);2*1-2H3. The first-order chi connectivity index (χ1) is 13.5. The van der Waals surface area contributed by atoms with Crippen LogP contribution in [-0.4, -0.2) is 36.7 Å². The topological polar surface area (TPSA) is 59.6 Å². The average Bonchev–Trinajstić information content (AvgIpc) is 2.73. The number of hydrogen-bond donors (Lipinski definition) is 2. The second-order valence-corrected chi connectivity index (χ2v) is 6.86. The van der Waals surface area contributed by atoms with E-state index in [-0.39, 0.29) is 5.12 Å². The fraction of sp³-hybridized carbons (Fsp3) is 0.600. The van der Waals surface area contributed by atoms with Crippen LogP contribution >= 0.6 is 35.6 Å². The Morgan fingerprint density at radius 2 is 1.75 bits per heavy atom. The highest BCUT2D eigenvalue weighted by atomic mass is 35.5. The Kier molecular flexibility index (Phi) is 19.9. The summed E-state index contributed by atoms with van der Waals surface area (Å²) in [5.41, 5.74) is 0.658. The van der Waals surface area contributed by atoms with Gasteiger partial charge in [-0.1, -0.05) is 58.0 Å². The van der Waals surface area contributed by atoms with Crippen molar-refractivity contribution in [3.8, 4) is 11.5 Å². The van der Waals surface area contributed by atoms with Crippen LogP contribution in [0.5, 0.6) is 11.5 Å². The smallest absolute Gasteiger partial charge is 0.189 e. The van der Waals surface area contributed by atoms with Gasteiger partial charge in [-0.3, -0.25) is 4.79 Å². The summed E-state index contributed by atoms with van der Waals surface area (Å²) in [6.07, 6.45) is 2.28. The number of nitrogens with one attached hydrogen (secondary N) is 2. The van der Waals surface area contributed by atoms with Gasteiger partial charge in [0.25, 0.3) is 0 Å². The quantitative estimate of drug-likeness (QED) is 0.345. The van der Waals surface area contributed by atoms with Crippen LogP contribution in [0.3, 0.4) is 0 Å². The number of ether oxygens (including phenoxy) is 2. The van der Waals surface area contributed by atoms with Crippen molar-refractivity contribution >= 4 is 51.5 Å². The lowest BCUT2D eigenvalue weighted by atomic mass is 10.2. The van der Waals surface area contributed by atoms with E-state index in [1.807, 2.05) is 27.7 Å². The highest BCUT2D eigenvalue weighted by Crippen LogP contribution is 2.35. The zero-order valence-electron chi connectivity index (χ0n) is 18.1. The normalized spacial score (nSPS) is 9.14. The summed E-state index contributed by atoms with van der Waals surface area (Å²) in [4.78, 5) is 11.6. The molecule has 8 heteroatoms. The largest absolute Gasteiger partial charge is 0.495 e. The Morgan fingerprint density at radius 3 is 2.29 bits per heavy atom. The predicted molar refractivity (Wildman–Crippen MR) is 128 cm³/mol. The third-order valence-electron chi connectivity index (χ3n) is 3.03. The fourth-order valence-corrected chi connectivity index (χ4v) is 3.01. The number of benzene rings is 1. The molecule has 2 N–H and O–H groups in total. The number of rotatable bonds is 9. The van der Waals surface area contributed by atoms with Crippen LogP contribution in [0.4, 0.5) is 5.69 Å². The van der Waals surface area contributed by atoms with E-state index >= 15 is 0 Å². The molecule has 0 aliphatic heterocycles. The lowest BCUT2D eigenvalue weighted by Crippen LogP contribution is -2.29. The number of methoxy groups -OCH3 is 2. The van der Waals surface area contributed by atoms with E-state index < -0.39 is 0 Å². The zero-order valence-corrected chi connectivity index (χ0v) is 20.5. The van der Waals surface area contributed by atoms with Gasteiger partial charge in [0.1, 0.15) is 11.5 Å². The molecular formula is C20H35ClN2O3S2. The summed E-state index contributed by atoms with van der Waals surface area (Å²) >= 11 is 12.7. The monoisotopic (exact) mass is 450 g/mol. The Morgan fingerprint density at radius 1 is 1.14 bits per heavy atom. The number of thiocarbonyl (C=S) groups is 1. The molecular weight excluding hydrogens is 416 g/mol. The number of hydrogen-bond acceptors (Lipinski definition) is 5. The molecule has 0 radical (unpaired) electrons. The zero-order chi connectivity index (χ0) is 21.9. The highest BCUT2D eigenvalue weighted by molar-refractivity contribution is 8.13. The van der Waals surface area contributed by atoms with E-state index in [0.717, 1.165) is 18.6 Å². The number of halogens is 1. The van der Waals surface area contributed by atoms with Gasteiger partial charge in [0.05, 0.1) is 24.9 Å². The average molecular weight is 451 g/mol. The third-order valence-corrected chi connectivity index (χ3v) is 4.71. The molecule has 0 saturated carbocycles. The fourth-order valence-electron chi connectivity index (χ4n) is 1.85. The summed E-state index contributed by atoms with van der Waals surface area (Å²) in [6.45, 7) is 10.7. The molecule has 0 atom stereocenters.